The van der Waals surface area contributed by atoms with Crippen LogP contribution in [0.15, 0.2) is 169 Å². The van der Waals surface area contributed by atoms with Crippen LogP contribution in [-0.2, 0) is 12.8 Å². The van der Waals surface area contributed by atoms with Gasteiger partial charge >= 0.3 is 0 Å². The lowest BCUT2D eigenvalue weighted by Crippen LogP contribution is -2.13. The van der Waals surface area contributed by atoms with Crippen LogP contribution in [0.4, 0.5) is 5.69 Å². The van der Waals surface area contributed by atoms with Crippen LogP contribution in [0.25, 0.3) is 67.5 Å². The fourth-order valence-corrected chi connectivity index (χ4v) is 8.72. The van der Waals surface area contributed by atoms with Crippen LogP contribution in [0.5, 0.6) is 0 Å². The van der Waals surface area contributed by atoms with Crippen LogP contribution in [0.2, 0.25) is 0 Å². The molecule has 0 unspecified atom stereocenters. The van der Waals surface area contributed by atoms with E-state index in [1.807, 2.05) is 18.2 Å². The molecule has 0 amide bonds. The highest BCUT2D eigenvalue weighted by Gasteiger charge is 2.21. The number of anilines is 1. The Morgan fingerprint density at radius 2 is 1.31 bits per heavy atom. The zero-order valence-corrected chi connectivity index (χ0v) is 32.1. The first-order valence-corrected chi connectivity index (χ1v) is 19.9. The molecule has 6 aromatic carbocycles. The van der Waals surface area contributed by atoms with E-state index in [2.05, 4.69) is 167 Å². The lowest BCUT2D eigenvalue weighted by atomic mass is 10.0. The molecule has 4 N–H and O–H groups in total. The molecule has 58 heavy (non-hydrogen) atoms. The largest absolute Gasteiger partial charge is 0.396 e. The fraction of sp³-hybridized carbons (Fsp3) is 0.0769. The third-order valence-electron chi connectivity index (χ3n) is 11.5. The maximum Gasteiger partial charge on any atom is 0.104 e. The van der Waals surface area contributed by atoms with Gasteiger partial charge in [0.05, 0.1) is 28.1 Å². The normalized spacial score (nSPS) is 14.0. The van der Waals surface area contributed by atoms with Gasteiger partial charge in [-0.2, -0.15) is 0 Å². The Bertz CT molecular complexity index is 3060. The molecule has 0 saturated heterocycles. The molecule has 0 aliphatic heterocycles. The van der Waals surface area contributed by atoms with Gasteiger partial charge in [0.1, 0.15) is 5.71 Å². The summed E-state index contributed by atoms with van der Waals surface area (Å²) in [6.07, 6.45) is 14.3. The molecule has 6 heteroatoms. The van der Waals surface area contributed by atoms with E-state index in [9.17, 15) is 0 Å². The molecule has 2 aromatic heterocycles. The van der Waals surface area contributed by atoms with Gasteiger partial charge in [-0.1, -0.05) is 116 Å². The van der Waals surface area contributed by atoms with Gasteiger partial charge in [-0.25, -0.2) is 4.99 Å². The van der Waals surface area contributed by atoms with Crippen molar-refractivity contribution in [1.82, 2.24) is 9.13 Å². The summed E-state index contributed by atoms with van der Waals surface area (Å²) >= 11 is 0. The van der Waals surface area contributed by atoms with E-state index >= 15 is 0 Å². The summed E-state index contributed by atoms with van der Waals surface area (Å²) < 4.78 is 4.72. The zero-order chi connectivity index (χ0) is 39.2. The summed E-state index contributed by atoms with van der Waals surface area (Å²) in [4.78, 5) is 5.12. The minimum atomic E-state index is 0.376. The number of fused-ring (bicyclic) bond motifs is 7. The van der Waals surface area contributed by atoms with Crippen molar-refractivity contribution in [3.63, 3.8) is 0 Å². The highest BCUT2D eigenvalue weighted by Crippen LogP contribution is 2.36. The van der Waals surface area contributed by atoms with Crippen molar-refractivity contribution in [1.29, 1.82) is 5.41 Å². The Morgan fingerprint density at radius 1 is 0.672 bits per heavy atom. The van der Waals surface area contributed by atoms with Crippen molar-refractivity contribution >= 4 is 73.7 Å². The predicted molar refractivity (Wildman–Crippen MR) is 245 cm³/mol. The second-order valence-electron chi connectivity index (χ2n) is 15.0. The van der Waals surface area contributed by atoms with Gasteiger partial charge in [0.15, 0.2) is 0 Å². The SMILES string of the molecule is C=C(Nc1ccc2ccccc2c1)C(C=N)=N/C(=C(\N)c1ccc(-n2c3c(c4ccccc42)C=CCC3)cc1)c1ccc(-n2c3c(c4ccccc42)CCC=C3)cc1. The van der Waals surface area contributed by atoms with Gasteiger partial charge in [0.25, 0.3) is 0 Å². The Kier molecular flexibility index (Phi) is 8.79. The van der Waals surface area contributed by atoms with E-state index in [0.29, 0.717) is 22.8 Å². The van der Waals surface area contributed by atoms with E-state index < -0.39 is 0 Å². The van der Waals surface area contributed by atoms with Crippen LogP contribution < -0.4 is 11.1 Å². The first kappa shape index (κ1) is 35.0. The summed E-state index contributed by atoms with van der Waals surface area (Å²) in [5.74, 6) is 0. The molecule has 0 radical (unpaired) electrons. The van der Waals surface area contributed by atoms with Crippen molar-refractivity contribution in [3.05, 3.63) is 198 Å². The molecule has 10 rings (SSSR count). The number of nitrogens with zero attached hydrogens (tertiary/aromatic N) is 3. The second kappa shape index (κ2) is 14.6. The van der Waals surface area contributed by atoms with Crippen LogP contribution in [0.3, 0.4) is 0 Å². The number of hydrogen-bond donors (Lipinski definition) is 3. The highest BCUT2D eigenvalue weighted by molar-refractivity contribution is 6.39. The Morgan fingerprint density at radius 3 is 2.09 bits per heavy atom. The van der Waals surface area contributed by atoms with Gasteiger partial charge in [-0.3, -0.25) is 0 Å². The molecular weight excluding hydrogens is 709 g/mol. The molecule has 0 atom stereocenters. The smallest absolute Gasteiger partial charge is 0.104 e. The molecule has 0 saturated carbocycles. The van der Waals surface area contributed by atoms with E-state index in [-0.39, 0.29) is 0 Å². The average Bonchev–Trinajstić information content (AvgIpc) is 3.80. The predicted octanol–water partition coefficient (Wildman–Crippen LogP) is 12.1. The molecule has 2 aliphatic rings. The summed E-state index contributed by atoms with van der Waals surface area (Å²) in [5.41, 5.74) is 21.4. The summed E-state index contributed by atoms with van der Waals surface area (Å²) in [6, 6.07) is 48.5. The van der Waals surface area contributed by atoms with Gasteiger partial charge in [-0.05, 0) is 102 Å². The van der Waals surface area contributed by atoms with Crippen molar-refractivity contribution < 1.29 is 0 Å². The Labute approximate surface area is 337 Å². The van der Waals surface area contributed by atoms with Gasteiger partial charge < -0.3 is 25.6 Å². The summed E-state index contributed by atoms with van der Waals surface area (Å²) in [5, 5.41) is 16.7. The molecule has 6 nitrogen and oxygen atoms in total. The highest BCUT2D eigenvalue weighted by atomic mass is 15.0. The van der Waals surface area contributed by atoms with E-state index in [1.165, 1.54) is 50.5 Å². The topological polar surface area (TPSA) is 84.1 Å². The Balaban J connectivity index is 1.06. The number of rotatable bonds is 9. The van der Waals surface area contributed by atoms with E-state index in [4.69, 9.17) is 16.1 Å². The van der Waals surface area contributed by atoms with Crippen molar-refractivity contribution in [2.45, 2.75) is 25.7 Å². The number of nitrogens with two attached hydrogens (primary N) is 1. The minimum absolute atomic E-state index is 0.376. The quantitative estimate of drug-likeness (QED) is 0.101. The van der Waals surface area contributed by atoms with Crippen LogP contribution in [0, 0.1) is 5.41 Å². The number of aliphatic imine (C=N–C) groups is 1. The molecule has 8 aromatic rings. The molecule has 2 heterocycles. The molecule has 2 aliphatic carbocycles. The third kappa shape index (κ3) is 6.07. The monoisotopic (exact) mass is 750 g/mol. The lowest BCUT2D eigenvalue weighted by Gasteiger charge is -2.16. The fourth-order valence-electron chi connectivity index (χ4n) is 8.72. The molecule has 0 fully saturated rings. The number of nitrogens with one attached hydrogen (secondary N) is 2. The average molecular weight is 751 g/mol. The maximum atomic E-state index is 8.50. The molecule has 280 valence electrons. The molecular formula is C52H42N6. The van der Waals surface area contributed by atoms with Crippen LogP contribution in [0.1, 0.15) is 46.5 Å². The van der Waals surface area contributed by atoms with Crippen molar-refractivity contribution in [2.75, 3.05) is 5.32 Å². The van der Waals surface area contributed by atoms with Gasteiger partial charge in [0, 0.05) is 56.6 Å². The van der Waals surface area contributed by atoms with E-state index in [1.54, 1.807) is 0 Å². The van der Waals surface area contributed by atoms with Crippen LogP contribution in [-0.4, -0.2) is 21.1 Å². The number of para-hydroxylation sites is 2. The lowest BCUT2D eigenvalue weighted by molar-refractivity contribution is 0.888. The zero-order valence-electron chi connectivity index (χ0n) is 32.1. The number of benzene rings is 6. The van der Waals surface area contributed by atoms with Gasteiger partial charge in [-0.15, -0.1) is 0 Å². The van der Waals surface area contributed by atoms with Gasteiger partial charge in [0.2, 0.25) is 0 Å². The van der Waals surface area contributed by atoms with E-state index in [0.717, 1.165) is 64.6 Å². The second-order valence-corrected chi connectivity index (χ2v) is 15.0. The first-order valence-electron chi connectivity index (χ1n) is 19.9. The molecule has 0 bridgehead atoms. The number of aromatic nitrogens is 2. The Hall–Kier alpha value is -7.44. The number of aryl methyl sites for hydroxylation is 1. The summed E-state index contributed by atoms with van der Waals surface area (Å²) in [6.45, 7) is 4.32. The van der Waals surface area contributed by atoms with Crippen molar-refractivity contribution in [2.24, 2.45) is 10.7 Å². The minimum Gasteiger partial charge on any atom is -0.396 e. The standard InChI is InChI=1S/C52H42N6/c1-34(55-39-27-22-35-12-2-3-13-38(35)32-39)46(33-53)56-52(37-25-30-41(31-26-37)58-49-20-10-6-16-44(49)45-17-7-11-21-50(45)58)51(54)36-23-28-40(29-24-36)57-47-18-8-4-14-42(47)43-15-5-9-19-48(43)57/h2-6,8,10-16,18,20-33,53,55H,1,7,9,17,19,54H2/b52-51-,53-33?,56-46?. The van der Waals surface area contributed by atoms with Crippen molar-refractivity contribution in [3.8, 4) is 11.4 Å². The summed E-state index contributed by atoms with van der Waals surface area (Å²) in [7, 11) is 0. The maximum absolute atomic E-state index is 8.50. The van der Waals surface area contributed by atoms with Crippen LogP contribution >= 0.6 is 0 Å². The number of hydrogen-bond acceptors (Lipinski definition) is 4. The molecule has 0 spiro atoms. The third-order valence-corrected chi connectivity index (χ3v) is 11.5. The first-order chi connectivity index (χ1) is 28.6. The number of allylic oxidation sites excluding steroid dienone is 3.